The van der Waals surface area contributed by atoms with E-state index < -0.39 is 0 Å². The summed E-state index contributed by atoms with van der Waals surface area (Å²) >= 11 is 0. The Morgan fingerprint density at radius 2 is 2.05 bits per heavy atom. The molecule has 0 saturated heterocycles. The van der Waals surface area contributed by atoms with Gasteiger partial charge in [-0.15, -0.1) is 0 Å². The zero-order valence-electron chi connectivity index (χ0n) is 12.0. The summed E-state index contributed by atoms with van der Waals surface area (Å²) in [5.41, 5.74) is 2.42. The number of ether oxygens (including phenoxy) is 2. The number of hydrogen-bond acceptors (Lipinski definition) is 5. The summed E-state index contributed by atoms with van der Waals surface area (Å²) < 4.78 is 16.5. The smallest absolute Gasteiger partial charge is 0.167 e. The first-order valence-corrected chi connectivity index (χ1v) is 6.57. The minimum absolute atomic E-state index is 0.0994. The zero-order valence-corrected chi connectivity index (χ0v) is 12.0. The molecule has 108 valence electrons. The molecule has 0 aliphatic carbocycles. The highest BCUT2D eigenvalue weighted by Gasteiger charge is 2.14. The molecule has 0 amide bonds. The van der Waals surface area contributed by atoms with E-state index >= 15 is 0 Å². The fraction of sp³-hybridized carbons (Fsp3) is 0.400. The molecule has 0 aliphatic heterocycles. The number of rotatable bonds is 6. The van der Waals surface area contributed by atoms with Gasteiger partial charge in [-0.3, -0.25) is 0 Å². The van der Waals surface area contributed by atoms with Gasteiger partial charge in [0.05, 0.1) is 24.5 Å². The van der Waals surface area contributed by atoms with Gasteiger partial charge in [0.25, 0.3) is 0 Å². The molecule has 0 bridgehead atoms. The molecule has 0 atom stereocenters. The maximum atomic E-state index is 9.41. The van der Waals surface area contributed by atoms with Crippen molar-refractivity contribution in [1.82, 2.24) is 5.16 Å². The molecule has 1 aromatic carbocycles. The second-order valence-corrected chi connectivity index (χ2v) is 4.43. The lowest BCUT2D eigenvalue weighted by atomic mass is 10.2. The maximum absolute atomic E-state index is 9.41. The molecule has 0 spiro atoms. The molecule has 0 fully saturated rings. The molecular formula is C15H19NO4. The summed E-state index contributed by atoms with van der Waals surface area (Å²) in [5.74, 6) is 1.93. The van der Waals surface area contributed by atoms with Crippen LogP contribution in [-0.4, -0.2) is 16.9 Å². The van der Waals surface area contributed by atoms with Gasteiger partial charge in [0.2, 0.25) is 0 Å². The van der Waals surface area contributed by atoms with Crippen molar-refractivity contribution in [3.8, 4) is 11.5 Å². The molecule has 0 saturated carbocycles. The van der Waals surface area contributed by atoms with Crippen molar-refractivity contribution >= 4 is 0 Å². The van der Waals surface area contributed by atoms with E-state index in [2.05, 4.69) is 5.16 Å². The van der Waals surface area contributed by atoms with E-state index in [4.69, 9.17) is 14.0 Å². The van der Waals surface area contributed by atoms with Crippen LogP contribution in [0.2, 0.25) is 0 Å². The summed E-state index contributed by atoms with van der Waals surface area (Å²) in [5, 5.41) is 13.3. The summed E-state index contributed by atoms with van der Waals surface area (Å²) in [6.07, 6.45) is 0. The average molecular weight is 277 g/mol. The Kier molecular flexibility index (Phi) is 4.63. The number of para-hydroxylation sites is 1. The summed E-state index contributed by atoms with van der Waals surface area (Å²) in [6.45, 7) is 6.40. The predicted molar refractivity (Wildman–Crippen MR) is 73.8 cm³/mol. The Morgan fingerprint density at radius 1 is 1.25 bits per heavy atom. The molecule has 1 heterocycles. The Hall–Kier alpha value is -2.01. The Bertz CT molecular complexity index is 558. The standard InChI is InChI=1S/C15H19NO4/c1-4-18-14-7-5-6-12(8-17)15(14)19-9-13-10(2)16-20-11(13)3/h5-7,17H,4,8-9H2,1-3H3. The van der Waals surface area contributed by atoms with Gasteiger partial charge in [-0.25, -0.2) is 0 Å². The van der Waals surface area contributed by atoms with Crippen molar-refractivity contribution in [1.29, 1.82) is 0 Å². The third-order valence-electron chi connectivity index (χ3n) is 3.07. The van der Waals surface area contributed by atoms with E-state index in [0.717, 1.165) is 17.0 Å². The predicted octanol–water partition coefficient (Wildman–Crippen LogP) is 2.76. The molecule has 0 aliphatic rings. The second-order valence-electron chi connectivity index (χ2n) is 4.43. The second kappa shape index (κ2) is 6.43. The van der Waals surface area contributed by atoms with E-state index in [1.807, 2.05) is 39.0 Å². The van der Waals surface area contributed by atoms with Crippen LogP contribution in [0.1, 0.15) is 29.5 Å². The van der Waals surface area contributed by atoms with Gasteiger partial charge >= 0.3 is 0 Å². The third kappa shape index (κ3) is 2.93. The quantitative estimate of drug-likeness (QED) is 0.879. The van der Waals surface area contributed by atoms with Crippen LogP contribution in [0.25, 0.3) is 0 Å². The van der Waals surface area contributed by atoms with Crippen molar-refractivity contribution < 1.29 is 19.1 Å². The molecule has 5 heteroatoms. The number of aliphatic hydroxyl groups is 1. The van der Waals surface area contributed by atoms with Gasteiger partial charge in [0, 0.05) is 5.56 Å². The van der Waals surface area contributed by atoms with Gasteiger partial charge in [-0.05, 0) is 26.8 Å². The van der Waals surface area contributed by atoms with Crippen molar-refractivity contribution in [2.75, 3.05) is 6.61 Å². The summed E-state index contributed by atoms with van der Waals surface area (Å²) in [6, 6.07) is 5.47. The van der Waals surface area contributed by atoms with E-state index in [9.17, 15) is 5.11 Å². The highest BCUT2D eigenvalue weighted by molar-refractivity contribution is 5.46. The number of hydrogen-bond donors (Lipinski definition) is 1. The Morgan fingerprint density at radius 3 is 2.65 bits per heavy atom. The first-order valence-electron chi connectivity index (χ1n) is 6.57. The number of aryl methyl sites for hydroxylation is 2. The highest BCUT2D eigenvalue weighted by Crippen LogP contribution is 2.32. The number of benzene rings is 1. The molecule has 1 N–H and O–H groups in total. The number of aliphatic hydroxyl groups excluding tert-OH is 1. The van der Waals surface area contributed by atoms with Crippen molar-refractivity contribution in [2.45, 2.75) is 34.0 Å². The fourth-order valence-electron chi connectivity index (χ4n) is 1.97. The lowest BCUT2D eigenvalue weighted by molar-refractivity contribution is 0.242. The first-order chi connectivity index (χ1) is 9.67. The Balaban J connectivity index is 2.23. The topological polar surface area (TPSA) is 64.7 Å². The van der Waals surface area contributed by atoms with Crippen molar-refractivity contribution in [2.24, 2.45) is 0 Å². The van der Waals surface area contributed by atoms with Gasteiger partial charge in [0.15, 0.2) is 11.5 Å². The van der Waals surface area contributed by atoms with Crippen LogP contribution in [0.15, 0.2) is 22.7 Å². The lowest BCUT2D eigenvalue weighted by Crippen LogP contribution is -2.03. The van der Waals surface area contributed by atoms with Crippen LogP contribution >= 0.6 is 0 Å². The van der Waals surface area contributed by atoms with Crippen LogP contribution in [0, 0.1) is 13.8 Å². The highest BCUT2D eigenvalue weighted by atomic mass is 16.5. The van der Waals surface area contributed by atoms with Crippen molar-refractivity contribution in [3.63, 3.8) is 0 Å². The van der Waals surface area contributed by atoms with Gasteiger partial charge < -0.3 is 19.1 Å². The van der Waals surface area contributed by atoms with Crippen molar-refractivity contribution in [3.05, 3.63) is 40.8 Å². The summed E-state index contributed by atoms with van der Waals surface area (Å²) in [4.78, 5) is 0. The van der Waals surface area contributed by atoms with Crippen LogP contribution in [0.5, 0.6) is 11.5 Å². The minimum atomic E-state index is -0.0994. The minimum Gasteiger partial charge on any atom is -0.490 e. The maximum Gasteiger partial charge on any atom is 0.167 e. The molecule has 0 radical (unpaired) electrons. The molecule has 0 unspecified atom stereocenters. The van der Waals surface area contributed by atoms with Gasteiger partial charge in [-0.2, -0.15) is 0 Å². The largest absolute Gasteiger partial charge is 0.490 e. The normalized spacial score (nSPS) is 10.6. The fourth-order valence-corrected chi connectivity index (χ4v) is 1.97. The zero-order chi connectivity index (χ0) is 14.5. The SMILES string of the molecule is CCOc1cccc(CO)c1OCc1c(C)noc1C. The Labute approximate surface area is 118 Å². The van der Waals surface area contributed by atoms with E-state index in [1.54, 1.807) is 0 Å². The lowest BCUT2D eigenvalue weighted by Gasteiger charge is -2.14. The van der Waals surface area contributed by atoms with Crippen LogP contribution in [0.4, 0.5) is 0 Å². The molecular weight excluding hydrogens is 258 g/mol. The monoisotopic (exact) mass is 277 g/mol. The van der Waals surface area contributed by atoms with E-state index in [-0.39, 0.29) is 6.61 Å². The molecule has 2 aromatic rings. The van der Waals surface area contributed by atoms with E-state index in [1.165, 1.54) is 0 Å². The van der Waals surface area contributed by atoms with Crippen LogP contribution in [-0.2, 0) is 13.2 Å². The van der Waals surface area contributed by atoms with Crippen LogP contribution in [0.3, 0.4) is 0 Å². The number of nitrogens with zero attached hydrogens (tertiary/aromatic N) is 1. The molecule has 20 heavy (non-hydrogen) atoms. The average Bonchev–Trinajstić information content (AvgIpc) is 2.77. The number of aromatic nitrogens is 1. The molecule has 1 aromatic heterocycles. The van der Waals surface area contributed by atoms with Gasteiger partial charge in [-0.1, -0.05) is 17.3 Å². The summed E-state index contributed by atoms with van der Waals surface area (Å²) in [7, 11) is 0. The van der Waals surface area contributed by atoms with E-state index in [0.29, 0.717) is 30.3 Å². The first kappa shape index (κ1) is 14.4. The van der Waals surface area contributed by atoms with Gasteiger partial charge in [0.1, 0.15) is 12.4 Å². The van der Waals surface area contributed by atoms with Crippen LogP contribution < -0.4 is 9.47 Å². The third-order valence-corrected chi connectivity index (χ3v) is 3.07. The molecule has 5 nitrogen and oxygen atoms in total. The molecule has 2 rings (SSSR count).